The van der Waals surface area contributed by atoms with Crippen LogP contribution in [0.2, 0.25) is 0 Å². The molecule has 0 heterocycles. The summed E-state index contributed by atoms with van der Waals surface area (Å²) in [5, 5.41) is 0. The maximum Gasteiger partial charge on any atom is 0.226 e. The van der Waals surface area contributed by atoms with Crippen LogP contribution in [0, 0.1) is 13.8 Å². The van der Waals surface area contributed by atoms with Crippen molar-refractivity contribution >= 4 is 11.6 Å². The van der Waals surface area contributed by atoms with Gasteiger partial charge in [0, 0.05) is 5.57 Å². The number of ether oxygens (including phenoxy) is 3. The van der Waals surface area contributed by atoms with Crippen LogP contribution in [0.1, 0.15) is 18.1 Å². The van der Waals surface area contributed by atoms with E-state index in [2.05, 4.69) is 4.99 Å². The zero-order chi connectivity index (χ0) is 20.6. The highest BCUT2D eigenvalue weighted by Crippen LogP contribution is 2.28. The lowest BCUT2D eigenvalue weighted by Gasteiger charge is -2.13. The van der Waals surface area contributed by atoms with Gasteiger partial charge in [0.25, 0.3) is 0 Å². The molecule has 0 amide bonds. The Kier molecular flexibility index (Phi) is 6.69. The molecule has 0 aliphatic heterocycles. The fraction of sp³-hybridized carbons (Fsp3) is 0.160. The summed E-state index contributed by atoms with van der Waals surface area (Å²) in [6, 6.07) is 23.3. The number of para-hydroxylation sites is 2. The molecule has 4 heteroatoms. The van der Waals surface area contributed by atoms with Gasteiger partial charge in [-0.05, 0) is 57.2 Å². The van der Waals surface area contributed by atoms with Crippen LogP contribution in [-0.2, 0) is 0 Å². The molecule has 0 saturated heterocycles. The third-order valence-corrected chi connectivity index (χ3v) is 4.27. The molecule has 0 unspecified atom stereocenters. The van der Waals surface area contributed by atoms with E-state index in [1.54, 1.807) is 13.4 Å². The van der Waals surface area contributed by atoms with Crippen molar-refractivity contribution in [3.8, 4) is 17.2 Å². The molecule has 0 N–H and O–H groups in total. The van der Waals surface area contributed by atoms with Crippen molar-refractivity contribution in [2.45, 2.75) is 20.8 Å². The first kappa shape index (κ1) is 20.2. The number of nitrogens with zero attached hydrogens (tertiary/aromatic N) is 1. The average Bonchev–Trinajstić information content (AvgIpc) is 2.74. The molecule has 4 nitrogen and oxygen atoms in total. The molecule has 29 heavy (non-hydrogen) atoms. The van der Waals surface area contributed by atoms with Crippen LogP contribution in [0.4, 0.5) is 5.69 Å². The molecule has 0 aromatic heterocycles. The molecule has 0 spiro atoms. The molecule has 0 atom stereocenters. The van der Waals surface area contributed by atoms with Gasteiger partial charge in [-0.1, -0.05) is 47.5 Å². The van der Waals surface area contributed by atoms with Crippen LogP contribution < -0.4 is 14.2 Å². The topological polar surface area (TPSA) is 40.0 Å². The van der Waals surface area contributed by atoms with E-state index in [0.29, 0.717) is 17.4 Å². The Morgan fingerprint density at radius 1 is 0.793 bits per heavy atom. The molecule has 0 saturated carbocycles. The molecule has 3 rings (SSSR count). The Bertz CT molecular complexity index is 1000. The van der Waals surface area contributed by atoms with Crippen LogP contribution in [0.5, 0.6) is 17.2 Å². The number of benzene rings is 3. The lowest BCUT2D eigenvalue weighted by molar-refractivity contribution is 0.390. The van der Waals surface area contributed by atoms with Crippen molar-refractivity contribution in [1.29, 1.82) is 0 Å². The fourth-order valence-corrected chi connectivity index (χ4v) is 2.56. The predicted molar refractivity (Wildman–Crippen MR) is 117 cm³/mol. The minimum Gasteiger partial charge on any atom is -0.493 e. The molecule has 148 valence electrons. The van der Waals surface area contributed by atoms with Crippen LogP contribution in [0.25, 0.3) is 0 Å². The summed E-state index contributed by atoms with van der Waals surface area (Å²) >= 11 is 0. The Morgan fingerprint density at radius 2 is 1.38 bits per heavy atom. The number of hydrogen-bond donors (Lipinski definition) is 0. The second-order valence-electron chi connectivity index (χ2n) is 6.74. The molecule has 0 radical (unpaired) electrons. The molecule has 0 bridgehead atoms. The van der Waals surface area contributed by atoms with E-state index >= 15 is 0 Å². The monoisotopic (exact) mass is 387 g/mol. The zero-order valence-corrected chi connectivity index (χ0v) is 17.2. The third kappa shape index (κ3) is 5.72. The highest BCUT2D eigenvalue weighted by atomic mass is 16.5. The minimum atomic E-state index is 0.436. The van der Waals surface area contributed by atoms with Gasteiger partial charge in [0.1, 0.15) is 5.75 Å². The van der Waals surface area contributed by atoms with Crippen molar-refractivity contribution in [2.24, 2.45) is 4.99 Å². The van der Waals surface area contributed by atoms with Crippen molar-refractivity contribution in [3.63, 3.8) is 0 Å². The lowest BCUT2D eigenvalue weighted by atomic mass is 10.2. The minimum absolute atomic E-state index is 0.436. The smallest absolute Gasteiger partial charge is 0.226 e. The maximum atomic E-state index is 6.12. The number of methoxy groups -OCH3 is 1. The third-order valence-electron chi connectivity index (χ3n) is 4.27. The summed E-state index contributed by atoms with van der Waals surface area (Å²) in [5.41, 5.74) is 3.89. The first-order valence-corrected chi connectivity index (χ1v) is 9.42. The summed E-state index contributed by atoms with van der Waals surface area (Å²) in [6.07, 6.45) is 1.65. The van der Waals surface area contributed by atoms with Crippen molar-refractivity contribution in [1.82, 2.24) is 0 Å². The van der Waals surface area contributed by atoms with E-state index in [9.17, 15) is 0 Å². The van der Waals surface area contributed by atoms with Crippen molar-refractivity contribution < 1.29 is 14.2 Å². The highest BCUT2D eigenvalue weighted by molar-refractivity contribution is 5.96. The van der Waals surface area contributed by atoms with Gasteiger partial charge >= 0.3 is 0 Å². The lowest BCUT2D eigenvalue weighted by Crippen LogP contribution is -2.11. The second-order valence-corrected chi connectivity index (χ2v) is 6.74. The summed E-state index contributed by atoms with van der Waals surface area (Å²) in [4.78, 5) is 4.69. The SMILES string of the molecule is COc1ccccc1OC(=N\c1ccc(C)cc1)/C(C)=C/Oc1ccc(C)cc1. The first-order chi connectivity index (χ1) is 14.0. The van der Waals surface area contributed by atoms with Gasteiger partial charge in [-0.3, -0.25) is 0 Å². The van der Waals surface area contributed by atoms with Gasteiger partial charge < -0.3 is 14.2 Å². The number of hydrogen-bond acceptors (Lipinski definition) is 4. The number of aliphatic imine (C=N–C) groups is 1. The highest BCUT2D eigenvalue weighted by Gasteiger charge is 2.11. The van der Waals surface area contributed by atoms with E-state index in [1.807, 2.05) is 93.6 Å². The van der Waals surface area contributed by atoms with Gasteiger partial charge in [0.05, 0.1) is 19.1 Å². The van der Waals surface area contributed by atoms with Gasteiger partial charge in [-0.15, -0.1) is 0 Å². The standard InChI is InChI=1S/C25H25NO3/c1-18-9-13-21(14-10-18)26-25(29-24-8-6-5-7-23(24)27-4)20(3)17-28-22-15-11-19(2)12-16-22/h5-17H,1-4H3/b20-17+,26-25-. The number of aryl methyl sites for hydroxylation is 2. The van der Waals surface area contributed by atoms with Gasteiger partial charge in [0.2, 0.25) is 5.90 Å². The zero-order valence-electron chi connectivity index (χ0n) is 17.2. The molecule has 0 aliphatic carbocycles. The van der Waals surface area contributed by atoms with E-state index in [4.69, 9.17) is 14.2 Å². The summed E-state index contributed by atoms with van der Waals surface area (Å²) < 4.78 is 17.3. The normalized spacial score (nSPS) is 11.9. The fourth-order valence-electron chi connectivity index (χ4n) is 2.56. The second kappa shape index (κ2) is 9.60. The van der Waals surface area contributed by atoms with Crippen molar-refractivity contribution in [3.05, 3.63) is 95.8 Å². The largest absolute Gasteiger partial charge is 0.493 e. The van der Waals surface area contributed by atoms with Crippen LogP contribution >= 0.6 is 0 Å². The van der Waals surface area contributed by atoms with E-state index < -0.39 is 0 Å². The van der Waals surface area contributed by atoms with E-state index in [1.165, 1.54) is 11.1 Å². The van der Waals surface area contributed by atoms with Crippen LogP contribution in [0.15, 0.2) is 89.6 Å². The van der Waals surface area contributed by atoms with E-state index in [-0.39, 0.29) is 0 Å². The summed E-state index contributed by atoms with van der Waals surface area (Å²) in [6.45, 7) is 5.98. The van der Waals surface area contributed by atoms with Gasteiger partial charge in [-0.2, -0.15) is 0 Å². The first-order valence-electron chi connectivity index (χ1n) is 9.42. The molecule has 3 aromatic carbocycles. The van der Waals surface area contributed by atoms with E-state index in [0.717, 1.165) is 17.0 Å². The van der Waals surface area contributed by atoms with Crippen LogP contribution in [0.3, 0.4) is 0 Å². The van der Waals surface area contributed by atoms with Crippen LogP contribution in [-0.4, -0.2) is 13.0 Å². The van der Waals surface area contributed by atoms with Gasteiger partial charge in [0.15, 0.2) is 11.5 Å². The average molecular weight is 387 g/mol. The number of rotatable bonds is 6. The molecular formula is C25H25NO3. The summed E-state index contributed by atoms with van der Waals surface area (Å²) in [5.74, 6) is 2.41. The Hall–Kier alpha value is -3.53. The molecular weight excluding hydrogens is 362 g/mol. The molecule has 0 aliphatic rings. The molecule has 3 aromatic rings. The predicted octanol–water partition coefficient (Wildman–Crippen LogP) is 6.40. The Labute approximate surface area is 172 Å². The maximum absolute atomic E-state index is 6.12. The van der Waals surface area contributed by atoms with Crippen molar-refractivity contribution in [2.75, 3.05) is 7.11 Å². The Morgan fingerprint density at radius 3 is 2.00 bits per heavy atom. The summed E-state index contributed by atoms with van der Waals surface area (Å²) in [7, 11) is 1.61. The molecule has 0 fully saturated rings. The van der Waals surface area contributed by atoms with Gasteiger partial charge in [-0.25, -0.2) is 4.99 Å². The Balaban J connectivity index is 1.91. The quantitative estimate of drug-likeness (QED) is 0.279.